The summed E-state index contributed by atoms with van der Waals surface area (Å²) in [7, 11) is 0. The van der Waals surface area contributed by atoms with E-state index in [2.05, 4.69) is 15.1 Å². The minimum absolute atomic E-state index is 0.476. The summed E-state index contributed by atoms with van der Waals surface area (Å²) in [6, 6.07) is 0. The first-order valence-electron chi connectivity index (χ1n) is 7.79. The molecule has 1 fully saturated rings. The fourth-order valence-corrected chi connectivity index (χ4v) is 3.55. The number of amides is 1. The van der Waals surface area contributed by atoms with Gasteiger partial charge in [-0.3, -0.25) is 9.88 Å². The second-order valence-electron chi connectivity index (χ2n) is 7.26. The van der Waals surface area contributed by atoms with Crippen molar-refractivity contribution in [3.8, 4) is 5.82 Å². The summed E-state index contributed by atoms with van der Waals surface area (Å²) in [6.45, 7) is 5.64. The first-order chi connectivity index (χ1) is 10.9. The highest BCUT2D eigenvalue weighted by molar-refractivity contribution is 5.88. The summed E-state index contributed by atoms with van der Waals surface area (Å²) in [4.78, 5) is 21.6. The Labute approximate surface area is 134 Å². The van der Waals surface area contributed by atoms with Gasteiger partial charge in [0.2, 0.25) is 0 Å². The maximum Gasteiger partial charge on any atom is 0.413 e. The maximum atomic E-state index is 11.8. The molecular formula is C16H19N5O2. The van der Waals surface area contributed by atoms with Crippen LogP contribution in [0, 0.1) is 5.92 Å². The van der Waals surface area contributed by atoms with Gasteiger partial charge in [0.25, 0.3) is 0 Å². The second kappa shape index (κ2) is 4.53. The summed E-state index contributed by atoms with van der Waals surface area (Å²) >= 11 is 0. The third-order valence-electron chi connectivity index (χ3n) is 4.58. The van der Waals surface area contributed by atoms with Crippen LogP contribution in [0.5, 0.6) is 0 Å². The van der Waals surface area contributed by atoms with Crippen molar-refractivity contribution in [2.24, 2.45) is 5.92 Å². The number of carbonyl (C=O) groups is 1. The first kappa shape index (κ1) is 14.2. The molecule has 1 saturated carbocycles. The van der Waals surface area contributed by atoms with Gasteiger partial charge in [0.1, 0.15) is 0 Å². The molecule has 2 atom stereocenters. The molecule has 23 heavy (non-hydrogen) atoms. The van der Waals surface area contributed by atoms with Gasteiger partial charge in [-0.15, -0.1) is 5.10 Å². The van der Waals surface area contributed by atoms with Gasteiger partial charge in [0.15, 0.2) is 11.6 Å². The normalized spacial score (nSPS) is 21.7. The first-order valence-corrected chi connectivity index (χ1v) is 7.79. The van der Waals surface area contributed by atoms with E-state index in [-0.39, 0.29) is 0 Å². The quantitative estimate of drug-likeness (QED) is 0.921. The highest BCUT2D eigenvalue weighted by Gasteiger charge is 2.51. The Balaban J connectivity index is 1.90. The largest absolute Gasteiger partial charge is 0.465 e. The van der Waals surface area contributed by atoms with E-state index >= 15 is 0 Å². The van der Waals surface area contributed by atoms with Crippen LogP contribution >= 0.6 is 0 Å². The molecule has 0 saturated heterocycles. The van der Waals surface area contributed by atoms with Crippen LogP contribution in [0.3, 0.4) is 0 Å². The van der Waals surface area contributed by atoms with Crippen LogP contribution in [0.4, 0.5) is 10.6 Å². The van der Waals surface area contributed by atoms with Crippen molar-refractivity contribution < 1.29 is 9.90 Å². The Kier molecular flexibility index (Phi) is 2.79. The lowest BCUT2D eigenvalue weighted by Crippen LogP contribution is -2.46. The molecule has 2 heterocycles. The fraction of sp³-hybridized carbons (Fsp3) is 0.500. The van der Waals surface area contributed by atoms with Crippen LogP contribution < -0.4 is 4.90 Å². The van der Waals surface area contributed by atoms with Crippen LogP contribution in [0.2, 0.25) is 0 Å². The van der Waals surface area contributed by atoms with E-state index in [1.54, 1.807) is 23.3 Å². The molecule has 0 radical (unpaired) electrons. The Morgan fingerprint density at radius 1 is 1.39 bits per heavy atom. The van der Waals surface area contributed by atoms with Gasteiger partial charge < -0.3 is 5.11 Å². The second-order valence-corrected chi connectivity index (χ2v) is 7.26. The predicted molar refractivity (Wildman–Crippen MR) is 84.0 cm³/mol. The fourth-order valence-electron chi connectivity index (χ4n) is 3.55. The molecule has 0 aliphatic heterocycles. The van der Waals surface area contributed by atoms with E-state index in [4.69, 9.17) is 0 Å². The van der Waals surface area contributed by atoms with Crippen molar-refractivity contribution in [3.63, 3.8) is 0 Å². The molecule has 4 rings (SSSR count). The molecule has 2 unspecified atom stereocenters. The summed E-state index contributed by atoms with van der Waals surface area (Å²) in [5, 5.41) is 14.3. The SMILES string of the molecule is CC(C)(C)N(C(=O)O)c1nn(-c2cnccn2)c2c1CC1CC21. The molecule has 2 aromatic rings. The minimum atomic E-state index is -0.982. The molecular weight excluding hydrogens is 294 g/mol. The highest BCUT2D eigenvalue weighted by Crippen LogP contribution is 2.58. The number of hydrogen-bond acceptors (Lipinski definition) is 4. The summed E-state index contributed by atoms with van der Waals surface area (Å²) < 4.78 is 1.79. The van der Waals surface area contributed by atoms with E-state index in [9.17, 15) is 9.90 Å². The Morgan fingerprint density at radius 2 is 2.17 bits per heavy atom. The molecule has 120 valence electrons. The monoisotopic (exact) mass is 313 g/mol. The van der Waals surface area contributed by atoms with Crippen molar-refractivity contribution in [3.05, 3.63) is 29.8 Å². The molecule has 1 amide bonds. The summed E-state index contributed by atoms with van der Waals surface area (Å²) in [6.07, 6.45) is 5.98. The lowest BCUT2D eigenvalue weighted by atomic mass is 10.0. The summed E-state index contributed by atoms with van der Waals surface area (Å²) in [5.74, 6) is 2.28. The van der Waals surface area contributed by atoms with E-state index in [0.29, 0.717) is 23.5 Å². The standard InChI is InChI=1S/C16H19N5O2/c1-16(2,3)20(15(22)23)14-11-7-9-6-10(9)13(11)21(19-14)12-8-17-4-5-18-12/h4-5,8-10H,6-7H2,1-3H3,(H,22,23). The molecule has 7 heteroatoms. The number of carboxylic acid groups (broad SMARTS) is 1. The van der Waals surface area contributed by atoms with Gasteiger partial charge >= 0.3 is 6.09 Å². The number of rotatable bonds is 2. The molecule has 0 bridgehead atoms. The molecule has 7 nitrogen and oxygen atoms in total. The van der Waals surface area contributed by atoms with Crippen LogP contribution in [-0.2, 0) is 6.42 Å². The van der Waals surface area contributed by atoms with Crippen LogP contribution in [0.1, 0.15) is 44.4 Å². The van der Waals surface area contributed by atoms with Gasteiger partial charge in [-0.2, -0.15) is 0 Å². The van der Waals surface area contributed by atoms with Crippen LogP contribution in [0.25, 0.3) is 5.82 Å². The van der Waals surface area contributed by atoms with Gasteiger partial charge in [-0.05, 0) is 39.5 Å². The summed E-state index contributed by atoms with van der Waals surface area (Å²) in [5.41, 5.74) is 1.60. The van der Waals surface area contributed by atoms with Gasteiger partial charge in [0.05, 0.1) is 11.9 Å². The van der Waals surface area contributed by atoms with E-state index in [1.807, 2.05) is 20.8 Å². The third kappa shape index (κ3) is 2.10. The topological polar surface area (TPSA) is 84.1 Å². The lowest BCUT2D eigenvalue weighted by Gasteiger charge is -2.31. The van der Waals surface area contributed by atoms with Gasteiger partial charge in [-0.25, -0.2) is 14.5 Å². The number of anilines is 1. The predicted octanol–water partition coefficient (Wildman–Crippen LogP) is 2.60. The van der Waals surface area contributed by atoms with E-state index < -0.39 is 11.6 Å². The number of hydrogen-bond donors (Lipinski definition) is 1. The zero-order valence-corrected chi connectivity index (χ0v) is 13.4. The zero-order valence-electron chi connectivity index (χ0n) is 13.4. The molecule has 2 aliphatic carbocycles. The number of aromatic nitrogens is 4. The van der Waals surface area contributed by atoms with Crippen LogP contribution in [0.15, 0.2) is 18.6 Å². The maximum absolute atomic E-state index is 11.8. The van der Waals surface area contributed by atoms with Crippen molar-refractivity contribution in [2.75, 3.05) is 4.90 Å². The number of fused-ring (bicyclic) bond motifs is 3. The van der Waals surface area contributed by atoms with Crippen molar-refractivity contribution in [2.45, 2.75) is 45.1 Å². The third-order valence-corrected chi connectivity index (χ3v) is 4.58. The molecule has 0 spiro atoms. The molecule has 1 N–H and O–H groups in total. The molecule has 2 aliphatic rings. The van der Waals surface area contributed by atoms with E-state index in [0.717, 1.165) is 24.1 Å². The van der Waals surface area contributed by atoms with Crippen molar-refractivity contribution in [1.29, 1.82) is 0 Å². The number of nitrogens with zero attached hydrogens (tertiary/aromatic N) is 5. The zero-order chi connectivity index (χ0) is 16.4. The Bertz CT molecular complexity index is 778. The highest BCUT2D eigenvalue weighted by atomic mass is 16.4. The van der Waals surface area contributed by atoms with E-state index in [1.165, 1.54) is 4.90 Å². The van der Waals surface area contributed by atoms with Gasteiger partial charge in [0, 0.05) is 29.4 Å². The minimum Gasteiger partial charge on any atom is -0.465 e. The van der Waals surface area contributed by atoms with Crippen LogP contribution in [-0.4, -0.2) is 36.5 Å². The van der Waals surface area contributed by atoms with Crippen molar-refractivity contribution >= 4 is 11.9 Å². The Hall–Kier alpha value is -2.44. The smallest absolute Gasteiger partial charge is 0.413 e. The average molecular weight is 313 g/mol. The molecule has 2 aromatic heterocycles. The lowest BCUT2D eigenvalue weighted by molar-refractivity contribution is 0.195. The Morgan fingerprint density at radius 3 is 2.78 bits per heavy atom. The van der Waals surface area contributed by atoms with Gasteiger partial charge in [-0.1, -0.05) is 0 Å². The van der Waals surface area contributed by atoms with Crippen molar-refractivity contribution in [1.82, 2.24) is 19.7 Å². The average Bonchev–Trinajstić information content (AvgIpc) is 2.99. The molecule has 0 aromatic carbocycles.